The molecule has 0 saturated heterocycles. The fourth-order valence-corrected chi connectivity index (χ4v) is 2.36. The minimum atomic E-state index is -1.25. The van der Waals surface area contributed by atoms with Gasteiger partial charge in [-0.3, -0.25) is 14.8 Å². The molecule has 1 aromatic rings. The van der Waals surface area contributed by atoms with Crippen molar-refractivity contribution in [3.05, 3.63) is 34.3 Å². The number of halogens is 1. The van der Waals surface area contributed by atoms with Crippen LogP contribution in [0.1, 0.15) is 45.0 Å². The van der Waals surface area contributed by atoms with E-state index in [1.54, 1.807) is 45.0 Å². The zero-order chi connectivity index (χ0) is 20.1. The molecule has 1 aromatic carbocycles. The number of hydroxylamine groups is 1. The Kier molecular flexibility index (Phi) is 7.16. The van der Waals surface area contributed by atoms with Gasteiger partial charge in [0.1, 0.15) is 11.6 Å². The minimum absolute atomic E-state index is 0.317. The van der Waals surface area contributed by atoms with Crippen molar-refractivity contribution in [2.75, 3.05) is 0 Å². The van der Waals surface area contributed by atoms with Gasteiger partial charge in [0, 0.05) is 10.0 Å². The summed E-state index contributed by atoms with van der Waals surface area (Å²) in [5, 5.41) is 14.1. The predicted molar refractivity (Wildman–Crippen MR) is 98.8 cm³/mol. The summed E-state index contributed by atoms with van der Waals surface area (Å²) in [7, 11) is 0. The van der Waals surface area contributed by atoms with Crippen molar-refractivity contribution >= 4 is 33.8 Å². The quantitative estimate of drug-likeness (QED) is 0.423. The van der Waals surface area contributed by atoms with Crippen LogP contribution in [0.5, 0.6) is 0 Å². The molecular formula is C17H24BrN3O5. The maximum Gasteiger partial charge on any atom is 0.408 e. The summed E-state index contributed by atoms with van der Waals surface area (Å²) in [6.07, 6.45) is -0.754. The number of carbonyl (C=O) groups excluding carboxylic acids is 3. The first-order valence-electron chi connectivity index (χ1n) is 7.87. The Hall–Kier alpha value is -2.13. The van der Waals surface area contributed by atoms with Crippen molar-refractivity contribution in [3.8, 4) is 0 Å². The van der Waals surface area contributed by atoms with E-state index in [1.807, 2.05) is 0 Å². The van der Waals surface area contributed by atoms with E-state index in [0.29, 0.717) is 5.56 Å². The number of benzene rings is 1. The minimum Gasteiger partial charge on any atom is -0.444 e. The maximum absolute atomic E-state index is 12.4. The highest BCUT2D eigenvalue weighted by Gasteiger charge is 2.39. The monoisotopic (exact) mass is 429 g/mol. The molecule has 1 rings (SSSR count). The van der Waals surface area contributed by atoms with Gasteiger partial charge in [0.25, 0.3) is 11.8 Å². The van der Waals surface area contributed by atoms with Crippen molar-refractivity contribution < 1.29 is 24.3 Å². The van der Waals surface area contributed by atoms with Gasteiger partial charge in [0.2, 0.25) is 0 Å². The molecule has 8 nitrogen and oxygen atoms in total. The number of ether oxygens (including phenoxy) is 1. The second-order valence-electron chi connectivity index (χ2n) is 7.24. The molecule has 0 fully saturated rings. The van der Waals surface area contributed by atoms with Gasteiger partial charge in [-0.2, -0.15) is 0 Å². The third-order valence-corrected chi connectivity index (χ3v) is 3.83. The molecule has 0 bridgehead atoms. The molecule has 144 valence electrons. The number of carbonyl (C=O) groups is 3. The largest absolute Gasteiger partial charge is 0.444 e. The van der Waals surface area contributed by atoms with Crippen molar-refractivity contribution in [2.24, 2.45) is 0 Å². The standard InChI is InChI=1S/C17H24BrN3O5/c1-16(2,3)26-15(24)20-17(4,5)12(14(23)21-25)19-13(22)10-6-8-11(18)9-7-10/h6-9,12,25H,1-5H3,(H,19,22)(H,20,24)(H,21,23)/t12-/m1/s1. The van der Waals surface area contributed by atoms with E-state index in [4.69, 9.17) is 9.94 Å². The van der Waals surface area contributed by atoms with E-state index in [1.165, 1.54) is 19.3 Å². The zero-order valence-corrected chi connectivity index (χ0v) is 16.9. The molecule has 0 unspecified atom stereocenters. The average Bonchev–Trinajstić information content (AvgIpc) is 2.49. The van der Waals surface area contributed by atoms with E-state index < -0.39 is 35.1 Å². The molecule has 1 atom stereocenters. The molecule has 9 heteroatoms. The fraction of sp³-hybridized carbons (Fsp3) is 0.471. The lowest BCUT2D eigenvalue weighted by Crippen LogP contribution is -2.64. The molecule has 0 aliphatic rings. The van der Waals surface area contributed by atoms with Gasteiger partial charge < -0.3 is 15.4 Å². The third-order valence-electron chi connectivity index (χ3n) is 3.30. The first-order chi connectivity index (χ1) is 11.9. The van der Waals surface area contributed by atoms with Gasteiger partial charge in [-0.15, -0.1) is 0 Å². The Balaban J connectivity index is 2.97. The number of hydrogen-bond acceptors (Lipinski definition) is 5. The SMILES string of the molecule is CC(C)(C)OC(=O)NC(C)(C)[C@H](NC(=O)c1ccc(Br)cc1)C(=O)NO. The van der Waals surface area contributed by atoms with Gasteiger partial charge in [0.15, 0.2) is 0 Å². The molecule has 4 N–H and O–H groups in total. The summed E-state index contributed by atoms with van der Waals surface area (Å²) in [5.74, 6) is -1.42. The first-order valence-corrected chi connectivity index (χ1v) is 8.66. The van der Waals surface area contributed by atoms with E-state index in [2.05, 4.69) is 26.6 Å². The average molecular weight is 430 g/mol. The van der Waals surface area contributed by atoms with E-state index in [9.17, 15) is 14.4 Å². The van der Waals surface area contributed by atoms with Crippen LogP contribution < -0.4 is 16.1 Å². The normalized spacial score (nSPS) is 12.7. The molecule has 0 spiro atoms. The van der Waals surface area contributed by atoms with E-state index in [-0.39, 0.29) is 0 Å². The van der Waals surface area contributed by atoms with Crippen LogP contribution in [0.2, 0.25) is 0 Å². The number of nitrogens with one attached hydrogen (secondary N) is 3. The Bertz CT molecular complexity index is 668. The Morgan fingerprint density at radius 3 is 2.08 bits per heavy atom. The highest BCUT2D eigenvalue weighted by Crippen LogP contribution is 2.15. The Morgan fingerprint density at radius 1 is 1.08 bits per heavy atom. The van der Waals surface area contributed by atoms with Crippen molar-refractivity contribution in [1.82, 2.24) is 16.1 Å². The second kappa shape index (κ2) is 8.50. The van der Waals surface area contributed by atoms with Crippen molar-refractivity contribution in [1.29, 1.82) is 0 Å². The molecule has 0 aliphatic heterocycles. The number of amides is 3. The molecule has 0 aromatic heterocycles. The molecule has 0 aliphatic carbocycles. The second-order valence-corrected chi connectivity index (χ2v) is 8.15. The maximum atomic E-state index is 12.4. The fourth-order valence-electron chi connectivity index (χ4n) is 2.09. The third kappa shape index (κ3) is 6.64. The molecule has 3 amide bonds. The summed E-state index contributed by atoms with van der Waals surface area (Å²) < 4.78 is 5.97. The van der Waals surface area contributed by atoms with Gasteiger partial charge >= 0.3 is 6.09 Å². The predicted octanol–water partition coefficient (Wildman–Crippen LogP) is 2.36. The van der Waals surface area contributed by atoms with E-state index >= 15 is 0 Å². The molecule has 26 heavy (non-hydrogen) atoms. The number of alkyl carbamates (subject to hydrolysis) is 1. The van der Waals surface area contributed by atoms with Gasteiger partial charge in [-0.25, -0.2) is 10.3 Å². The molecular weight excluding hydrogens is 406 g/mol. The van der Waals surface area contributed by atoms with Crippen LogP contribution in [0.25, 0.3) is 0 Å². The van der Waals surface area contributed by atoms with Gasteiger partial charge in [-0.1, -0.05) is 15.9 Å². The smallest absolute Gasteiger partial charge is 0.408 e. The summed E-state index contributed by atoms with van der Waals surface area (Å²) >= 11 is 3.27. The zero-order valence-electron chi connectivity index (χ0n) is 15.3. The lowest BCUT2D eigenvalue weighted by molar-refractivity contribution is -0.132. The van der Waals surface area contributed by atoms with Gasteiger partial charge in [-0.05, 0) is 58.9 Å². The first kappa shape index (κ1) is 21.9. The van der Waals surface area contributed by atoms with E-state index in [0.717, 1.165) is 4.47 Å². The highest BCUT2D eigenvalue weighted by atomic mass is 79.9. The van der Waals surface area contributed by atoms with Crippen LogP contribution in [-0.4, -0.2) is 40.3 Å². The topological polar surface area (TPSA) is 117 Å². The highest BCUT2D eigenvalue weighted by molar-refractivity contribution is 9.10. The van der Waals surface area contributed by atoms with Crippen LogP contribution in [0.15, 0.2) is 28.7 Å². The molecule has 0 saturated carbocycles. The van der Waals surface area contributed by atoms with Crippen LogP contribution in [-0.2, 0) is 9.53 Å². The van der Waals surface area contributed by atoms with Gasteiger partial charge in [0.05, 0.1) is 5.54 Å². The van der Waals surface area contributed by atoms with Crippen LogP contribution in [0, 0.1) is 0 Å². The van der Waals surface area contributed by atoms with Crippen LogP contribution in [0.3, 0.4) is 0 Å². The number of rotatable bonds is 5. The van der Waals surface area contributed by atoms with Crippen molar-refractivity contribution in [2.45, 2.75) is 51.8 Å². The summed E-state index contributed by atoms with van der Waals surface area (Å²) in [6.45, 7) is 8.16. The number of hydrogen-bond donors (Lipinski definition) is 4. The Morgan fingerprint density at radius 2 is 1.62 bits per heavy atom. The lowest BCUT2D eigenvalue weighted by atomic mass is 9.93. The lowest BCUT2D eigenvalue weighted by Gasteiger charge is -2.34. The Labute approximate surface area is 160 Å². The van der Waals surface area contributed by atoms with Crippen molar-refractivity contribution in [3.63, 3.8) is 0 Å². The van der Waals surface area contributed by atoms with Crippen LogP contribution >= 0.6 is 15.9 Å². The molecule has 0 heterocycles. The summed E-state index contributed by atoms with van der Waals surface area (Å²) in [4.78, 5) is 36.5. The molecule has 0 radical (unpaired) electrons. The summed E-state index contributed by atoms with van der Waals surface area (Å²) in [6, 6.07) is 5.25. The summed E-state index contributed by atoms with van der Waals surface area (Å²) in [5.41, 5.74) is -0.154. The van der Waals surface area contributed by atoms with Crippen LogP contribution in [0.4, 0.5) is 4.79 Å².